The van der Waals surface area contributed by atoms with E-state index in [-0.39, 0.29) is 5.91 Å². The second-order valence-corrected chi connectivity index (χ2v) is 4.87. The van der Waals surface area contributed by atoms with Crippen molar-refractivity contribution in [2.24, 2.45) is 13.0 Å². The van der Waals surface area contributed by atoms with Crippen molar-refractivity contribution in [2.75, 3.05) is 11.1 Å². The Balaban J connectivity index is 1.97. The normalized spacial score (nSPS) is 16.4. The molecule has 1 fully saturated rings. The molecule has 1 saturated carbocycles. The Kier molecular flexibility index (Phi) is 3.36. The predicted molar refractivity (Wildman–Crippen MR) is 67.6 cm³/mol. The fraction of sp³-hybridized carbons (Fsp3) is 0.667. The minimum Gasteiger partial charge on any atom is -0.394 e. The van der Waals surface area contributed by atoms with Crippen molar-refractivity contribution in [1.29, 1.82) is 0 Å². The van der Waals surface area contributed by atoms with Crippen LogP contribution < -0.4 is 11.1 Å². The van der Waals surface area contributed by atoms with Gasteiger partial charge in [0.05, 0.1) is 11.4 Å². The molecule has 0 aliphatic heterocycles. The number of carbonyl (C=O) groups excluding carboxylic acids is 1. The summed E-state index contributed by atoms with van der Waals surface area (Å²) in [4.78, 5) is 11.9. The number of anilines is 2. The average Bonchev–Trinajstić information content (AvgIpc) is 2.83. The second kappa shape index (κ2) is 4.77. The Morgan fingerprint density at radius 1 is 1.53 bits per heavy atom. The molecule has 17 heavy (non-hydrogen) atoms. The number of nitrogens with one attached hydrogen (secondary N) is 1. The highest BCUT2D eigenvalue weighted by Gasteiger charge is 2.20. The lowest BCUT2D eigenvalue weighted by Gasteiger charge is -2.10. The number of nitrogens with zero attached hydrogens (tertiary/aromatic N) is 2. The van der Waals surface area contributed by atoms with Gasteiger partial charge in [0.15, 0.2) is 5.82 Å². The lowest BCUT2D eigenvalue weighted by Crippen LogP contribution is -2.17. The third kappa shape index (κ3) is 2.60. The van der Waals surface area contributed by atoms with E-state index in [0.29, 0.717) is 23.8 Å². The first-order valence-corrected chi connectivity index (χ1v) is 6.17. The Morgan fingerprint density at radius 2 is 2.18 bits per heavy atom. The van der Waals surface area contributed by atoms with Crippen LogP contribution in [0.25, 0.3) is 0 Å². The standard InChI is InChI=1S/C12H20N4O/c1-8-11(13)12(16(2)15-8)14-10(17)7-9-5-3-4-6-9/h9H,3-7,13H2,1-2H3,(H,14,17). The van der Waals surface area contributed by atoms with Gasteiger partial charge < -0.3 is 11.1 Å². The molecular formula is C12H20N4O. The minimum absolute atomic E-state index is 0.0478. The second-order valence-electron chi connectivity index (χ2n) is 4.87. The van der Waals surface area contributed by atoms with Gasteiger partial charge in [-0.1, -0.05) is 12.8 Å². The van der Waals surface area contributed by atoms with Gasteiger partial charge in [-0.15, -0.1) is 0 Å². The molecule has 0 atom stereocenters. The molecule has 0 unspecified atom stereocenters. The van der Waals surface area contributed by atoms with Crippen LogP contribution in [-0.2, 0) is 11.8 Å². The van der Waals surface area contributed by atoms with Crippen LogP contribution in [-0.4, -0.2) is 15.7 Å². The van der Waals surface area contributed by atoms with Crippen LogP contribution in [0.2, 0.25) is 0 Å². The van der Waals surface area contributed by atoms with Gasteiger partial charge in [-0.25, -0.2) is 0 Å². The van der Waals surface area contributed by atoms with Crippen molar-refractivity contribution in [1.82, 2.24) is 9.78 Å². The number of amides is 1. The largest absolute Gasteiger partial charge is 0.394 e. The monoisotopic (exact) mass is 236 g/mol. The van der Waals surface area contributed by atoms with Crippen LogP contribution in [0.3, 0.4) is 0 Å². The van der Waals surface area contributed by atoms with Crippen LogP contribution >= 0.6 is 0 Å². The first-order valence-electron chi connectivity index (χ1n) is 6.17. The summed E-state index contributed by atoms with van der Waals surface area (Å²) < 4.78 is 1.62. The van der Waals surface area contributed by atoms with Gasteiger partial charge >= 0.3 is 0 Å². The lowest BCUT2D eigenvalue weighted by atomic mass is 10.0. The molecule has 0 radical (unpaired) electrons. The molecule has 1 aromatic heterocycles. The van der Waals surface area contributed by atoms with Crippen LogP contribution in [0, 0.1) is 12.8 Å². The Hall–Kier alpha value is -1.52. The fourth-order valence-electron chi connectivity index (χ4n) is 2.48. The van der Waals surface area contributed by atoms with E-state index >= 15 is 0 Å². The van der Waals surface area contributed by atoms with Gasteiger partial charge in [0.25, 0.3) is 0 Å². The van der Waals surface area contributed by atoms with Crippen molar-refractivity contribution >= 4 is 17.4 Å². The summed E-state index contributed by atoms with van der Waals surface area (Å²) in [7, 11) is 1.79. The summed E-state index contributed by atoms with van der Waals surface area (Å²) in [5.41, 5.74) is 7.18. The van der Waals surface area contributed by atoms with E-state index in [4.69, 9.17) is 5.73 Å². The van der Waals surface area contributed by atoms with Crippen LogP contribution in [0.15, 0.2) is 0 Å². The number of hydrogen-bond acceptors (Lipinski definition) is 3. The quantitative estimate of drug-likeness (QED) is 0.841. The SMILES string of the molecule is Cc1nn(C)c(NC(=O)CC2CCCC2)c1N. The highest BCUT2D eigenvalue weighted by molar-refractivity contribution is 5.93. The van der Waals surface area contributed by atoms with E-state index < -0.39 is 0 Å². The summed E-state index contributed by atoms with van der Waals surface area (Å²) in [5.74, 6) is 1.21. The maximum absolute atomic E-state index is 11.9. The molecule has 5 nitrogen and oxygen atoms in total. The van der Waals surface area contributed by atoms with Crippen molar-refractivity contribution in [3.8, 4) is 0 Å². The zero-order valence-corrected chi connectivity index (χ0v) is 10.5. The maximum atomic E-state index is 11.9. The minimum atomic E-state index is 0.0478. The van der Waals surface area contributed by atoms with Gasteiger partial charge in [-0.05, 0) is 25.7 Å². The summed E-state index contributed by atoms with van der Waals surface area (Å²) in [6.45, 7) is 1.84. The molecule has 0 saturated heterocycles. The summed E-state index contributed by atoms with van der Waals surface area (Å²) in [5, 5.41) is 7.04. The summed E-state index contributed by atoms with van der Waals surface area (Å²) in [6.07, 6.45) is 5.46. The Labute approximate surface area is 101 Å². The molecular weight excluding hydrogens is 216 g/mol. The third-order valence-corrected chi connectivity index (χ3v) is 3.48. The summed E-state index contributed by atoms with van der Waals surface area (Å²) >= 11 is 0. The van der Waals surface area contributed by atoms with Gasteiger partial charge in [0, 0.05) is 13.5 Å². The van der Waals surface area contributed by atoms with E-state index in [1.54, 1.807) is 11.7 Å². The molecule has 1 aliphatic carbocycles. The number of carbonyl (C=O) groups is 1. The van der Waals surface area contributed by atoms with E-state index in [1.807, 2.05) is 6.92 Å². The Morgan fingerprint density at radius 3 is 2.71 bits per heavy atom. The molecule has 1 amide bonds. The first-order chi connectivity index (χ1) is 8.08. The molecule has 1 aliphatic rings. The lowest BCUT2D eigenvalue weighted by molar-refractivity contribution is -0.117. The molecule has 0 bridgehead atoms. The van der Waals surface area contributed by atoms with Crippen molar-refractivity contribution < 1.29 is 4.79 Å². The van der Waals surface area contributed by atoms with E-state index in [1.165, 1.54) is 25.7 Å². The van der Waals surface area contributed by atoms with Crippen molar-refractivity contribution in [2.45, 2.75) is 39.0 Å². The predicted octanol–water partition coefficient (Wildman–Crippen LogP) is 1.83. The zero-order chi connectivity index (χ0) is 12.4. The molecule has 2 rings (SSSR count). The fourth-order valence-corrected chi connectivity index (χ4v) is 2.48. The Bertz CT molecular complexity index is 418. The number of aryl methyl sites for hydroxylation is 2. The molecule has 1 aromatic rings. The van der Waals surface area contributed by atoms with E-state index in [9.17, 15) is 4.79 Å². The molecule has 5 heteroatoms. The zero-order valence-electron chi connectivity index (χ0n) is 10.5. The van der Waals surface area contributed by atoms with Crippen molar-refractivity contribution in [3.05, 3.63) is 5.69 Å². The molecule has 0 aromatic carbocycles. The molecule has 94 valence electrons. The smallest absolute Gasteiger partial charge is 0.225 e. The van der Waals surface area contributed by atoms with Crippen LogP contribution in [0.4, 0.5) is 11.5 Å². The number of hydrogen-bond donors (Lipinski definition) is 2. The van der Waals surface area contributed by atoms with Crippen LogP contribution in [0.5, 0.6) is 0 Å². The number of nitrogen functional groups attached to an aromatic ring is 1. The van der Waals surface area contributed by atoms with Crippen molar-refractivity contribution in [3.63, 3.8) is 0 Å². The van der Waals surface area contributed by atoms with Gasteiger partial charge in [-0.2, -0.15) is 5.10 Å². The molecule has 3 N–H and O–H groups in total. The van der Waals surface area contributed by atoms with Gasteiger partial charge in [0.1, 0.15) is 0 Å². The topological polar surface area (TPSA) is 72.9 Å². The molecule has 1 heterocycles. The van der Waals surface area contributed by atoms with E-state index in [2.05, 4.69) is 10.4 Å². The van der Waals surface area contributed by atoms with Gasteiger partial charge in [-0.3, -0.25) is 9.48 Å². The maximum Gasteiger partial charge on any atom is 0.225 e. The number of aromatic nitrogens is 2. The first kappa shape index (κ1) is 12.0. The highest BCUT2D eigenvalue weighted by atomic mass is 16.1. The number of nitrogens with two attached hydrogens (primary N) is 1. The van der Waals surface area contributed by atoms with Crippen LogP contribution in [0.1, 0.15) is 37.8 Å². The third-order valence-electron chi connectivity index (χ3n) is 3.48. The summed E-state index contributed by atoms with van der Waals surface area (Å²) in [6, 6.07) is 0. The number of rotatable bonds is 3. The molecule has 0 spiro atoms. The van der Waals surface area contributed by atoms with Gasteiger partial charge in [0.2, 0.25) is 5.91 Å². The highest BCUT2D eigenvalue weighted by Crippen LogP contribution is 2.28. The van der Waals surface area contributed by atoms with E-state index in [0.717, 1.165) is 5.69 Å². The average molecular weight is 236 g/mol.